The first-order valence-electron chi connectivity index (χ1n) is 9.53. The number of nitrogens with one attached hydrogen (secondary N) is 1. The number of Topliss-reactive ketones (excluding diaryl/α,β-unsaturated/α-hetero) is 1. The number of benzene rings is 2. The number of aryl methyl sites for hydroxylation is 1. The van der Waals surface area contributed by atoms with E-state index in [2.05, 4.69) is 11.4 Å². The van der Waals surface area contributed by atoms with E-state index in [1.807, 2.05) is 41.9 Å². The van der Waals surface area contributed by atoms with Crippen LogP contribution in [0.4, 0.5) is 10.2 Å². The minimum atomic E-state index is -0.279. The van der Waals surface area contributed by atoms with Crippen LogP contribution >= 0.6 is 0 Å². The predicted molar refractivity (Wildman–Crippen MR) is 106 cm³/mol. The zero-order chi connectivity index (χ0) is 19.3. The number of nitrogens with zero attached hydrogens (tertiary/aromatic N) is 2. The average molecular weight is 373 g/mol. The number of halogens is 1. The van der Waals surface area contributed by atoms with E-state index in [0.717, 1.165) is 40.4 Å². The van der Waals surface area contributed by atoms with E-state index < -0.39 is 0 Å². The predicted octanol–water partition coefficient (Wildman–Crippen LogP) is 4.74. The van der Waals surface area contributed by atoms with Crippen LogP contribution < -0.4 is 5.32 Å². The second-order valence-electron chi connectivity index (χ2n) is 7.39. The highest BCUT2D eigenvalue weighted by molar-refractivity contribution is 5.89. The van der Waals surface area contributed by atoms with E-state index >= 15 is 0 Å². The van der Waals surface area contributed by atoms with Gasteiger partial charge in [-0.15, -0.1) is 0 Å². The molecule has 0 saturated carbocycles. The van der Waals surface area contributed by atoms with Crippen molar-refractivity contribution in [2.45, 2.75) is 25.7 Å². The highest BCUT2D eigenvalue weighted by Gasteiger charge is 2.42. The third kappa shape index (κ3) is 2.58. The molecule has 0 spiro atoms. The van der Waals surface area contributed by atoms with Gasteiger partial charge in [0, 0.05) is 23.6 Å². The Morgan fingerprint density at radius 1 is 1.07 bits per heavy atom. The van der Waals surface area contributed by atoms with Gasteiger partial charge in [-0.3, -0.25) is 4.79 Å². The second-order valence-corrected chi connectivity index (χ2v) is 7.39. The number of para-hydroxylation sites is 1. The standard InChI is InChI=1S/C23H20FN3O/c1-14-20-21(15-10-12-16(24)13-11-15)22-18(8-5-9-19(22)28)25-23(20)27(26-14)17-6-3-2-4-7-17/h2-4,6-8,10-13,21-22,25H,5,9H2,1H3. The van der Waals surface area contributed by atoms with Crippen LogP contribution in [0.15, 0.2) is 66.4 Å². The van der Waals surface area contributed by atoms with Crippen LogP contribution in [0, 0.1) is 18.7 Å². The lowest BCUT2D eigenvalue weighted by molar-refractivity contribution is -0.122. The molecule has 28 heavy (non-hydrogen) atoms. The lowest BCUT2D eigenvalue weighted by Gasteiger charge is -2.36. The van der Waals surface area contributed by atoms with Crippen molar-refractivity contribution in [1.82, 2.24) is 9.78 Å². The summed E-state index contributed by atoms with van der Waals surface area (Å²) in [6, 6.07) is 16.4. The number of anilines is 1. The molecule has 2 unspecified atom stereocenters. The summed E-state index contributed by atoms with van der Waals surface area (Å²) in [5.41, 5.74) is 4.70. The van der Waals surface area contributed by atoms with Crippen LogP contribution in [0.25, 0.3) is 5.69 Å². The van der Waals surface area contributed by atoms with Crippen molar-refractivity contribution in [3.8, 4) is 5.69 Å². The molecule has 2 atom stereocenters. The van der Waals surface area contributed by atoms with Gasteiger partial charge in [0.1, 0.15) is 17.4 Å². The van der Waals surface area contributed by atoms with Crippen molar-refractivity contribution in [3.05, 3.63) is 89.0 Å². The highest BCUT2D eigenvalue weighted by atomic mass is 19.1. The minimum absolute atomic E-state index is 0.173. The van der Waals surface area contributed by atoms with Crippen LogP contribution in [-0.4, -0.2) is 15.6 Å². The van der Waals surface area contributed by atoms with Crippen molar-refractivity contribution in [2.75, 3.05) is 5.32 Å². The Morgan fingerprint density at radius 2 is 1.82 bits per heavy atom. The smallest absolute Gasteiger partial charge is 0.143 e. The molecule has 2 aliphatic rings. The maximum absolute atomic E-state index is 13.6. The number of allylic oxidation sites excluding steroid dienone is 2. The molecule has 4 nitrogen and oxygen atoms in total. The maximum Gasteiger partial charge on any atom is 0.143 e. The van der Waals surface area contributed by atoms with Crippen molar-refractivity contribution in [1.29, 1.82) is 0 Å². The highest BCUT2D eigenvalue weighted by Crippen LogP contribution is 2.48. The molecule has 5 heteroatoms. The van der Waals surface area contributed by atoms with Gasteiger partial charge in [0.25, 0.3) is 0 Å². The summed E-state index contributed by atoms with van der Waals surface area (Å²) in [6.45, 7) is 1.97. The summed E-state index contributed by atoms with van der Waals surface area (Å²) in [4.78, 5) is 12.9. The van der Waals surface area contributed by atoms with E-state index in [1.165, 1.54) is 12.1 Å². The van der Waals surface area contributed by atoms with Crippen LogP contribution in [0.3, 0.4) is 0 Å². The van der Waals surface area contributed by atoms with Gasteiger partial charge in [-0.05, 0) is 43.2 Å². The quantitative estimate of drug-likeness (QED) is 0.706. The number of fused-ring (bicyclic) bond motifs is 2. The SMILES string of the molecule is Cc1nn(-c2ccccc2)c2c1C(c1ccc(F)cc1)C1C(=O)CCC=C1N2. The number of hydrogen-bond acceptors (Lipinski definition) is 3. The Hall–Kier alpha value is -3.21. The molecule has 0 fully saturated rings. The fourth-order valence-electron chi connectivity index (χ4n) is 4.44. The van der Waals surface area contributed by atoms with Crippen molar-refractivity contribution >= 4 is 11.6 Å². The van der Waals surface area contributed by atoms with Gasteiger partial charge in [0.05, 0.1) is 17.3 Å². The number of rotatable bonds is 2. The van der Waals surface area contributed by atoms with E-state index in [1.54, 1.807) is 12.1 Å². The molecule has 1 aromatic heterocycles. The molecule has 0 saturated heterocycles. The Balaban J connectivity index is 1.75. The molecular formula is C23H20FN3O. The molecule has 0 bridgehead atoms. The van der Waals surface area contributed by atoms with Gasteiger partial charge in [-0.2, -0.15) is 5.10 Å². The van der Waals surface area contributed by atoms with Crippen molar-refractivity contribution in [2.24, 2.45) is 5.92 Å². The number of carbonyl (C=O) groups excluding carboxylic acids is 1. The van der Waals surface area contributed by atoms with E-state index in [4.69, 9.17) is 5.10 Å². The molecule has 3 aromatic rings. The Labute approximate surface area is 162 Å². The molecule has 0 amide bonds. The average Bonchev–Trinajstić information content (AvgIpc) is 3.04. The maximum atomic E-state index is 13.6. The third-order valence-corrected chi connectivity index (χ3v) is 5.68. The molecule has 1 N–H and O–H groups in total. The second kappa shape index (κ2) is 6.44. The first-order chi connectivity index (χ1) is 13.6. The van der Waals surface area contributed by atoms with Gasteiger partial charge >= 0.3 is 0 Å². The summed E-state index contributed by atoms with van der Waals surface area (Å²) in [6.07, 6.45) is 3.39. The fraction of sp³-hybridized carbons (Fsp3) is 0.217. The Kier molecular flexibility index (Phi) is 3.90. The molecule has 5 rings (SSSR count). The lowest BCUT2D eigenvalue weighted by Crippen LogP contribution is -2.35. The Morgan fingerprint density at radius 3 is 2.57 bits per heavy atom. The first-order valence-corrected chi connectivity index (χ1v) is 9.53. The zero-order valence-corrected chi connectivity index (χ0v) is 15.5. The molecule has 2 aromatic carbocycles. The summed E-state index contributed by atoms with van der Waals surface area (Å²) < 4.78 is 15.5. The van der Waals surface area contributed by atoms with Crippen LogP contribution in [0.2, 0.25) is 0 Å². The molecule has 140 valence electrons. The molecule has 1 aliphatic carbocycles. The number of aromatic nitrogens is 2. The topological polar surface area (TPSA) is 46.9 Å². The monoisotopic (exact) mass is 373 g/mol. The van der Waals surface area contributed by atoms with Crippen LogP contribution in [0.5, 0.6) is 0 Å². The van der Waals surface area contributed by atoms with Gasteiger partial charge in [-0.25, -0.2) is 9.07 Å². The van der Waals surface area contributed by atoms with Crippen LogP contribution in [-0.2, 0) is 4.79 Å². The largest absolute Gasteiger partial charge is 0.343 e. The summed E-state index contributed by atoms with van der Waals surface area (Å²) >= 11 is 0. The first kappa shape index (κ1) is 16.9. The number of hydrogen-bond donors (Lipinski definition) is 1. The molecule has 1 aliphatic heterocycles. The summed E-state index contributed by atoms with van der Waals surface area (Å²) in [5.74, 6) is 0.375. The number of carbonyl (C=O) groups is 1. The van der Waals surface area contributed by atoms with E-state index in [0.29, 0.717) is 6.42 Å². The van der Waals surface area contributed by atoms with Gasteiger partial charge in [0.2, 0.25) is 0 Å². The van der Waals surface area contributed by atoms with Crippen molar-refractivity contribution < 1.29 is 9.18 Å². The Bertz CT molecular complexity index is 1080. The normalized spacial score (nSPS) is 20.8. The number of ketones is 1. The summed E-state index contributed by atoms with van der Waals surface area (Å²) in [7, 11) is 0. The minimum Gasteiger partial charge on any atom is -0.343 e. The molecule has 0 radical (unpaired) electrons. The van der Waals surface area contributed by atoms with Gasteiger partial charge < -0.3 is 5.32 Å². The fourth-order valence-corrected chi connectivity index (χ4v) is 4.44. The summed E-state index contributed by atoms with van der Waals surface area (Å²) in [5, 5.41) is 8.28. The van der Waals surface area contributed by atoms with E-state index in [9.17, 15) is 9.18 Å². The zero-order valence-electron chi connectivity index (χ0n) is 15.5. The van der Waals surface area contributed by atoms with Gasteiger partial charge in [0.15, 0.2) is 0 Å². The van der Waals surface area contributed by atoms with Gasteiger partial charge in [-0.1, -0.05) is 36.4 Å². The lowest BCUT2D eigenvalue weighted by atomic mass is 9.72. The third-order valence-electron chi connectivity index (χ3n) is 5.68. The van der Waals surface area contributed by atoms with Crippen LogP contribution in [0.1, 0.15) is 35.6 Å². The molecular weight excluding hydrogens is 353 g/mol. The van der Waals surface area contributed by atoms with E-state index in [-0.39, 0.29) is 23.4 Å². The van der Waals surface area contributed by atoms with Crippen molar-refractivity contribution in [3.63, 3.8) is 0 Å². The molecule has 2 heterocycles.